The van der Waals surface area contributed by atoms with Crippen LogP contribution in [0.1, 0.15) is 44.7 Å². The van der Waals surface area contributed by atoms with Gasteiger partial charge in [0.25, 0.3) is 0 Å². The lowest BCUT2D eigenvalue weighted by Gasteiger charge is -2.16. The third-order valence-corrected chi connectivity index (χ3v) is 3.34. The van der Waals surface area contributed by atoms with Crippen molar-refractivity contribution >= 4 is 0 Å². The summed E-state index contributed by atoms with van der Waals surface area (Å²) in [6.45, 7) is 9.94. The molecule has 0 aliphatic carbocycles. The highest BCUT2D eigenvalue weighted by molar-refractivity contribution is 5.22. The molecule has 0 saturated heterocycles. The van der Waals surface area contributed by atoms with Crippen molar-refractivity contribution in [3.05, 3.63) is 35.4 Å². The van der Waals surface area contributed by atoms with Crippen molar-refractivity contribution in [1.29, 1.82) is 0 Å². The second-order valence-electron chi connectivity index (χ2n) is 5.77. The molecule has 1 aromatic carbocycles. The van der Waals surface area contributed by atoms with Crippen molar-refractivity contribution in [3.8, 4) is 0 Å². The minimum atomic E-state index is 0.575. The molecule has 1 aromatic rings. The summed E-state index contributed by atoms with van der Waals surface area (Å²) >= 11 is 0. The molecule has 0 spiro atoms. The highest BCUT2D eigenvalue weighted by Gasteiger charge is 2.00. The van der Waals surface area contributed by atoms with E-state index in [9.17, 15) is 0 Å². The molecule has 0 aromatic heterocycles. The summed E-state index contributed by atoms with van der Waals surface area (Å²) in [7, 11) is 2.20. The Balaban J connectivity index is 2.34. The minimum Gasteiger partial charge on any atom is -0.314 e. The van der Waals surface area contributed by atoms with Crippen LogP contribution >= 0.6 is 0 Å². The lowest BCUT2D eigenvalue weighted by Crippen LogP contribution is -2.24. The Bertz CT molecular complexity index is 330. The standard InChI is InChI=1S/C17H30N2/c1-5-6-13-19(4)14-17-9-7-16(8-10-17)11-12-18-15(2)3/h7-10,15,18H,5-6,11-14H2,1-4H3. The number of rotatable bonds is 9. The van der Waals surface area contributed by atoms with Gasteiger partial charge in [-0.05, 0) is 44.1 Å². The van der Waals surface area contributed by atoms with Gasteiger partial charge in [0.05, 0.1) is 0 Å². The first-order valence-corrected chi connectivity index (χ1v) is 7.61. The van der Waals surface area contributed by atoms with E-state index >= 15 is 0 Å². The maximum absolute atomic E-state index is 3.46. The SMILES string of the molecule is CCCCN(C)Cc1ccc(CCNC(C)C)cc1. The molecule has 0 amide bonds. The fraction of sp³-hybridized carbons (Fsp3) is 0.647. The quantitative estimate of drug-likeness (QED) is 0.733. The molecule has 2 heteroatoms. The number of hydrogen-bond donors (Lipinski definition) is 1. The van der Waals surface area contributed by atoms with Crippen LogP contribution in [0.4, 0.5) is 0 Å². The van der Waals surface area contributed by atoms with E-state index in [0.29, 0.717) is 6.04 Å². The third-order valence-electron chi connectivity index (χ3n) is 3.34. The van der Waals surface area contributed by atoms with Gasteiger partial charge >= 0.3 is 0 Å². The molecule has 1 N–H and O–H groups in total. The molecule has 108 valence electrons. The molecule has 0 fully saturated rings. The Kier molecular flexibility index (Phi) is 7.76. The molecule has 1 rings (SSSR count). The molecule has 19 heavy (non-hydrogen) atoms. The molecule has 0 heterocycles. The maximum Gasteiger partial charge on any atom is 0.0230 e. The summed E-state index contributed by atoms with van der Waals surface area (Å²) in [6.07, 6.45) is 3.67. The summed E-state index contributed by atoms with van der Waals surface area (Å²) in [5, 5.41) is 3.46. The Hall–Kier alpha value is -0.860. The smallest absolute Gasteiger partial charge is 0.0230 e. The molecule has 2 nitrogen and oxygen atoms in total. The average molecular weight is 262 g/mol. The highest BCUT2D eigenvalue weighted by Crippen LogP contribution is 2.08. The van der Waals surface area contributed by atoms with Crippen molar-refractivity contribution < 1.29 is 0 Å². The topological polar surface area (TPSA) is 15.3 Å². The van der Waals surface area contributed by atoms with Gasteiger partial charge in [-0.1, -0.05) is 51.5 Å². The molecule has 0 aliphatic heterocycles. The predicted octanol–water partition coefficient (Wildman–Crippen LogP) is 3.46. The van der Waals surface area contributed by atoms with Gasteiger partial charge in [-0.15, -0.1) is 0 Å². The largest absolute Gasteiger partial charge is 0.314 e. The van der Waals surface area contributed by atoms with Gasteiger partial charge < -0.3 is 10.2 Å². The van der Waals surface area contributed by atoms with Gasteiger partial charge in [0.2, 0.25) is 0 Å². The Morgan fingerprint density at radius 2 is 1.74 bits per heavy atom. The van der Waals surface area contributed by atoms with Crippen LogP contribution in [0.5, 0.6) is 0 Å². The van der Waals surface area contributed by atoms with Crippen LogP contribution in [0.3, 0.4) is 0 Å². The lowest BCUT2D eigenvalue weighted by molar-refractivity contribution is 0.321. The third kappa shape index (κ3) is 7.34. The zero-order chi connectivity index (χ0) is 14.1. The van der Waals surface area contributed by atoms with Gasteiger partial charge in [0, 0.05) is 12.6 Å². The van der Waals surface area contributed by atoms with Crippen LogP contribution in [0, 0.1) is 0 Å². The Morgan fingerprint density at radius 3 is 2.32 bits per heavy atom. The zero-order valence-electron chi connectivity index (χ0n) is 13.1. The van der Waals surface area contributed by atoms with Gasteiger partial charge in [-0.25, -0.2) is 0 Å². The van der Waals surface area contributed by atoms with E-state index in [0.717, 1.165) is 19.5 Å². The van der Waals surface area contributed by atoms with E-state index in [1.54, 1.807) is 0 Å². The van der Waals surface area contributed by atoms with Crippen LogP contribution in [0.15, 0.2) is 24.3 Å². The van der Waals surface area contributed by atoms with Crippen LogP contribution < -0.4 is 5.32 Å². The zero-order valence-corrected chi connectivity index (χ0v) is 13.1. The van der Waals surface area contributed by atoms with E-state index in [2.05, 4.69) is 62.3 Å². The predicted molar refractivity (Wildman–Crippen MR) is 84.5 cm³/mol. The maximum atomic E-state index is 3.46. The van der Waals surface area contributed by atoms with Crippen LogP contribution in [-0.4, -0.2) is 31.1 Å². The van der Waals surface area contributed by atoms with Gasteiger partial charge in [-0.3, -0.25) is 0 Å². The number of nitrogens with zero attached hydrogens (tertiary/aromatic N) is 1. The number of hydrogen-bond acceptors (Lipinski definition) is 2. The van der Waals surface area contributed by atoms with Crippen molar-refractivity contribution in [2.24, 2.45) is 0 Å². The first-order chi connectivity index (χ1) is 9.11. The normalized spacial score (nSPS) is 11.5. The first kappa shape index (κ1) is 16.2. The number of benzene rings is 1. The van der Waals surface area contributed by atoms with Gasteiger partial charge in [0.1, 0.15) is 0 Å². The Labute approximate surface area is 119 Å². The molecule has 0 aliphatic rings. The summed E-state index contributed by atoms with van der Waals surface area (Å²) in [5.74, 6) is 0. The summed E-state index contributed by atoms with van der Waals surface area (Å²) in [6, 6.07) is 9.66. The molecule has 0 unspecified atom stereocenters. The van der Waals surface area contributed by atoms with E-state index in [-0.39, 0.29) is 0 Å². The summed E-state index contributed by atoms with van der Waals surface area (Å²) in [5.41, 5.74) is 2.84. The lowest BCUT2D eigenvalue weighted by atomic mass is 10.1. The van der Waals surface area contributed by atoms with Crippen molar-refractivity contribution in [3.63, 3.8) is 0 Å². The van der Waals surface area contributed by atoms with Crippen LogP contribution in [0.25, 0.3) is 0 Å². The van der Waals surface area contributed by atoms with Gasteiger partial charge in [-0.2, -0.15) is 0 Å². The minimum absolute atomic E-state index is 0.575. The summed E-state index contributed by atoms with van der Waals surface area (Å²) in [4.78, 5) is 2.40. The molecular formula is C17H30N2. The first-order valence-electron chi connectivity index (χ1n) is 7.61. The van der Waals surface area contributed by atoms with Crippen molar-refractivity contribution in [2.45, 2.75) is 52.6 Å². The van der Waals surface area contributed by atoms with E-state index in [1.165, 1.54) is 30.5 Å². The second-order valence-corrected chi connectivity index (χ2v) is 5.77. The molecule has 0 saturated carbocycles. The molecule has 0 radical (unpaired) electrons. The molecule has 0 bridgehead atoms. The fourth-order valence-corrected chi connectivity index (χ4v) is 2.14. The van der Waals surface area contributed by atoms with Crippen molar-refractivity contribution in [2.75, 3.05) is 20.1 Å². The number of unbranched alkanes of at least 4 members (excludes halogenated alkanes) is 1. The van der Waals surface area contributed by atoms with E-state index < -0.39 is 0 Å². The molecular weight excluding hydrogens is 232 g/mol. The van der Waals surface area contributed by atoms with Crippen LogP contribution in [0.2, 0.25) is 0 Å². The Morgan fingerprint density at radius 1 is 1.11 bits per heavy atom. The van der Waals surface area contributed by atoms with Crippen molar-refractivity contribution in [1.82, 2.24) is 10.2 Å². The second kappa shape index (κ2) is 9.11. The van der Waals surface area contributed by atoms with E-state index in [4.69, 9.17) is 0 Å². The van der Waals surface area contributed by atoms with E-state index in [1.807, 2.05) is 0 Å². The molecule has 0 atom stereocenters. The fourth-order valence-electron chi connectivity index (χ4n) is 2.14. The van der Waals surface area contributed by atoms with Crippen LogP contribution in [-0.2, 0) is 13.0 Å². The summed E-state index contributed by atoms with van der Waals surface area (Å²) < 4.78 is 0. The van der Waals surface area contributed by atoms with Gasteiger partial charge in [0.15, 0.2) is 0 Å². The highest BCUT2D eigenvalue weighted by atomic mass is 15.1. The average Bonchev–Trinajstić information content (AvgIpc) is 2.38. The monoisotopic (exact) mass is 262 g/mol. The number of nitrogens with one attached hydrogen (secondary N) is 1.